The Kier molecular flexibility index (Phi) is 4.54. The molecule has 4 bridgehead atoms. The number of aromatic nitrogens is 4. The lowest BCUT2D eigenvalue weighted by molar-refractivity contribution is -0.158. The average molecular weight is 453 g/mol. The second kappa shape index (κ2) is 7.26. The number of nitrogens with one attached hydrogen (secondary N) is 3. The lowest BCUT2D eigenvalue weighted by Gasteiger charge is -2.60. The fourth-order valence-corrected chi connectivity index (χ4v) is 6.96. The molecule has 0 radical (unpaired) electrons. The molecule has 3 aromatic rings. The standard InChI is InChI=1S/C23H28N6O4/c1-33-5-4-25-20(30)21(31)27-19-16-11-26-18-15(2-3-24-18)17(16)29(28-19)22-7-13-6-14(8-22)10-23(32,9-13)12-22/h2-3,11,13-14,32H,4-10,12H2,1H3,(H,24,26)(H,25,30)(H,27,28,31). The van der Waals surface area contributed by atoms with Gasteiger partial charge in [-0.3, -0.25) is 14.3 Å². The first-order valence-corrected chi connectivity index (χ1v) is 11.6. The summed E-state index contributed by atoms with van der Waals surface area (Å²) >= 11 is 0. The first-order chi connectivity index (χ1) is 15.9. The molecule has 10 heteroatoms. The highest BCUT2D eigenvalue weighted by molar-refractivity contribution is 6.40. The summed E-state index contributed by atoms with van der Waals surface area (Å²) in [6.45, 7) is 0.563. The number of H-pyrrole nitrogens is 1. The van der Waals surface area contributed by atoms with Crippen LogP contribution in [0.3, 0.4) is 0 Å². The molecule has 0 aliphatic heterocycles. The van der Waals surface area contributed by atoms with E-state index in [1.54, 1.807) is 6.20 Å². The number of carbonyl (C=O) groups excluding carboxylic acids is 2. The summed E-state index contributed by atoms with van der Waals surface area (Å²) in [5.41, 5.74) is 0.646. The van der Waals surface area contributed by atoms with Crippen molar-refractivity contribution in [2.24, 2.45) is 11.8 Å². The molecule has 3 heterocycles. The van der Waals surface area contributed by atoms with E-state index < -0.39 is 17.4 Å². The van der Waals surface area contributed by atoms with Gasteiger partial charge in [-0.15, -0.1) is 0 Å². The van der Waals surface area contributed by atoms with Crippen molar-refractivity contribution < 1.29 is 19.4 Å². The van der Waals surface area contributed by atoms with E-state index in [-0.39, 0.29) is 12.1 Å². The van der Waals surface area contributed by atoms with E-state index in [9.17, 15) is 14.7 Å². The zero-order valence-electron chi connectivity index (χ0n) is 18.6. The quantitative estimate of drug-likeness (QED) is 0.344. The molecule has 10 nitrogen and oxygen atoms in total. The minimum Gasteiger partial charge on any atom is -0.390 e. The minimum absolute atomic E-state index is 0.244. The molecule has 33 heavy (non-hydrogen) atoms. The van der Waals surface area contributed by atoms with Crippen LogP contribution in [0.2, 0.25) is 0 Å². The second-order valence-electron chi connectivity index (χ2n) is 10.1. The third kappa shape index (κ3) is 3.23. The maximum Gasteiger partial charge on any atom is 0.314 e. The number of aromatic amines is 1. The van der Waals surface area contributed by atoms with Crippen molar-refractivity contribution in [2.75, 3.05) is 25.6 Å². The predicted molar refractivity (Wildman–Crippen MR) is 121 cm³/mol. The van der Waals surface area contributed by atoms with Gasteiger partial charge in [0.1, 0.15) is 5.65 Å². The Morgan fingerprint density at radius 1 is 1.24 bits per heavy atom. The van der Waals surface area contributed by atoms with Crippen LogP contribution in [0.25, 0.3) is 21.9 Å². The minimum atomic E-state index is -0.782. The van der Waals surface area contributed by atoms with Crippen LogP contribution in [-0.4, -0.2) is 62.5 Å². The molecule has 4 aliphatic rings. The molecule has 0 aromatic carbocycles. The third-order valence-corrected chi connectivity index (χ3v) is 7.70. The molecule has 4 saturated carbocycles. The number of nitrogens with zero attached hydrogens (tertiary/aromatic N) is 3. The maximum absolute atomic E-state index is 12.6. The van der Waals surface area contributed by atoms with E-state index in [0.29, 0.717) is 36.1 Å². The largest absolute Gasteiger partial charge is 0.390 e. The molecular weight excluding hydrogens is 424 g/mol. The van der Waals surface area contributed by atoms with Gasteiger partial charge >= 0.3 is 11.8 Å². The van der Waals surface area contributed by atoms with Gasteiger partial charge in [0.25, 0.3) is 0 Å². The normalized spacial score (nSPS) is 30.2. The SMILES string of the molecule is COCCNC(=O)C(=O)Nc1nn(C23CC4CC(CC(O)(C4)C2)C3)c2c1cnc1[nH]ccc12. The first-order valence-electron chi connectivity index (χ1n) is 11.6. The van der Waals surface area contributed by atoms with Crippen molar-refractivity contribution in [3.05, 3.63) is 18.5 Å². The molecule has 4 N–H and O–H groups in total. The van der Waals surface area contributed by atoms with Crippen LogP contribution in [0, 0.1) is 11.8 Å². The van der Waals surface area contributed by atoms with E-state index >= 15 is 0 Å². The molecule has 3 aromatic heterocycles. The Bertz CT molecular complexity index is 1250. The molecule has 2 atom stereocenters. The van der Waals surface area contributed by atoms with Crippen LogP contribution in [0.1, 0.15) is 38.5 Å². The predicted octanol–water partition coefficient (Wildman–Crippen LogP) is 1.65. The Hall–Kier alpha value is -2.98. The highest BCUT2D eigenvalue weighted by atomic mass is 16.5. The lowest BCUT2D eigenvalue weighted by Crippen LogP contribution is -2.59. The van der Waals surface area contributed by atoms with Crippen LogP contribution < -0.4 is 10.6 Å². The van der Waals surface area contributed by atoms with Gasteiger partial charge in [0.15, 0.2) is 5.82 Å². The van der Waals surface area contributed by atoms with Gasteiger partial charge in [-0.05, 0) is 50.0 Å². The second-order valence-corrected chi connectivity index (χ2v) is 10.1. The number of methoxy groups -OCH3 is 1. The lowest BCUT2D eigenvalue weighted by atomic mass is 9.51. The molecule has 2 unspecified atom stereocenters. The van der Waals surface area contributed by atoms with E-state index in [4.69, 9.17) is 9.84 Å². The van der Waals surface area contributed by atoms with Gasteiger partial charge in [-0.25, -0.2) is 4.98 Å². The first kappa shape index (κ1) is 20.6. The van der Waals surface area contributed by atoms with Gasteiger partial charge in [-0.2, -0.15) is 5.10 Å². The van der Waals surface area contributed by atoms with Crippen molar-refractivity contribution in [3.8, 4) is 0 Å². The van der Waals surface area contributed by atoms with Crippen molar-refractivity contribution >= 4 is 39.6 Å². The molecule has 0 spiro atoms. The molecule has 7 rings (SSSR count). The van der Waals surface area contributed by atoms with Crippen molar-refractivity contribution in [2.45, 2.75) is 49.7 Å². The van der Waals surface area contributed by atoms with Crippen molar-refractivity contribution in [1.29, 1.82) is 0 Å². The summed E-state index contributed by atoms with van der Waals surface area (Å²) < 4.78 is 6.94. The highest BCUT2D eigenvalue weighted by Crippen LogP contribution is 2.61. The summed E-state index contributed by atoms with van der Waals surface area (Å²) in [6, 6.07) is 1.96. The number of aliphatic hydroxyl groups is 1. The summed E-state index contributed by atoms with van der Waals surface area (Å²) in [4.78, 5) is 32.5. The summed E-state index contributed by atoms with van der Waals surface area (Å²) in [5, 5.41) is 23.0. The summed E-state index contributed by atoms with van der Waals surface area (Å²) in [5.74, 6) is -0.256. The fraction of sp³-hybridized carbons (Fsp3) is 0.565. The van der Waals surface area contributed by atoms with E-state index in [0.717, 1.165) is 48.7 Å². The zero-order chi connectivity index (χ0) is 22.8. The van der Waals surface area contributed by atoms with Crippen LogP contribution in [0.15, 0.2) is 18.5 Å². The topological polar surface area (TPSA) is 134 Å². The summed E-state index contributed by atoms with van der Waals surface area (Å²) in [6.07, 6.45) is 8.98. The van der Waals surface area contributed by atoms with E-state index in [1.165, 1.54) is 7.11 Å². The Morgan fingerprint density at radius 3 is 2.76 bits per heavy atom. The number of rotatable bonds is 5. The number of ether oxygens (including phenoxy) is 1. The monoisotopic (exact) mass is 452 g/mol. The smallest absolute Gasteiger partial charge is 0.314 e. The number of carbonyl (C=O) groups is 2. The number of hydrogen-bond acceptors (Lipinski definition) is 6. The van der Waals surface area contributed by atoms with E-state index in [2.05, 4.69) is 20.6 Å². The van der Waals surface area contributed by atoms with Gasteiger partial charge < -0.3 is 25.5 Å². The van der Waals surface area contributed by atoms with Crippen LogP contribution >= 0.6 is 0 Å². The fourth-order valence-electron chi connectivity index (χ4n) is 6.96. The molecule has 0 saturated heterocycles. The molecule has 2 amide bonds. The van der Waals surface area contributed by atoms with Gasteiger partial charge in [-0.1, -0.05) is 0 Å². The molecule has 4 aliphatic carbocycles. The molecule has 174 valence electrons. The molecule has 4 fully saturated rings. The van der Waals surface area contributed by atoms with E-state index in [1.807, 2.05) is 16.9 Å². The number of anilines is 1. The number of pyridine rings is 1. The van der Waals surface area contributed by atoms with Crippen LogP contribution in [0.5, 0.6) is 0 Å². The van der Waals surface area contributed by atoms with Crippen molar-refractivity contribution in [3.63, 3.8) is 0 Å². The Morgan fingerprint density at radius 2 is 2.03 bits per heavy atom. The van der Waals surface area contributed by atoms with Gasteiger partial charge in [0.05, 0.1) is 28.6 Å². The number of hydrogen-bond donors (Lipinski definition) is 4. The van der Waals surface area contributed by atoms with Gasteiger partial charge in [0, 0.05) is 37.9 Å². The van der Waals surface area contributed by atoms with Crippen LogP contribution in [0.4, 0.5) is 5.82 Å². The molecular formula is C23H28N6O4. The van der Waals surface area contributed by atoms with Crippen molar-refractivity contribution in [1.82, 2.24) is 25.1 Å². The third-order valence-electron chi connectivity index (χ3n) is 7.70. The van der Waals surface area contributed by atoms with Gasteiger partial charge in [0.2, 0.25) is 0 Å². The zero-order valence-corrected chi connectivity index (χ0v) is 18.6. The maximum atomic E-state index is 12.6. The highest BCUT2D eigenvalue weighted by Gasteiger charge is 2.59. The summed E-state index contributed by atoms with van der Waals surface area (Å²) in [7, 11) is 1.53. The Balaban J connectivity index is 1.43. The van der Waals surface area contributed by atoms with Crippen LogP contribution in [-0.2, 0) is 19.9 Å². The number of fused-ring (bicyclic) bond motifs is 3. The average Bonchev–Trinajstić information content (AvgIpc) is 3.37. The number of amides is 2. The Labute approximate surface area is 190 Å².